The van der Waals surface area contributed by atoms with Crippen LogP contribution in [0.15, 0.2) is 18.2 Å². The first kappa shape index (κ1) is 24.2. The number of fused-ring (bicyclic) bond motifs is 3. The van der Waals surface area contributed by atoms with Crippen molar-refractivity contribution in [2.45, 2.75) is 43.7 Å². The quantitative estimate of drug-likeness (QED) is 0.471. The van der Waals surface area contributed by atoms with Gasteiger partial charge in [-0.2, -0.15) is 4.98 Å². The molecule has 1 aromatic carbocycles. The van der Waals surface area contributed by atoms with Crippen LogP contribution in [0.25, 0.3) is 11.2 Å². The van der Waals surface area contributed by atoms with Crippen molar-refractivity contribution in [1.82, 2.24) is 15.0 Å². The maximum atomic E-state index is 12.9. The van der Waals surface area contributed by atoms with Gasteiger partial charge in [0, 0.05) is 6.07 Å². The van der Waals surface area contributed by atoms with Gasteiger partial charge in [-0.1, -0.05) is 11.6 Å². The molecule has 0 spiro atoms. The maximum Gasteiger partial charge on any atom is 0.296 e. The van der Waals surface area contributed by atoms with Gasteiger partial charge in [-0.25, -0.2) is 13.8 Å². The molecular weight excluding hydrogens is 470 g/mol. The van der Waals surface area contributed by atoms with E-state index in [2.05, 4.69) is 27.8 Å². The molecule has 180 valence electrons. The summed E-state index contributed by atoms with van der Waals surface area (Å²) < 4.78 is 42.2. The second kappa shape index (κ2) is 10.1. The number of nitrogens with zero attached hydrogens (tertiary/aromatic N) is 2. The lowest BCUT2D eigenvalue weighted by molar-refractivity contribution is 0.00706. The van der Waals surface area contributed by atoms with Crippen LogP contribution in [0.3, 0.4) is 0 Å². The van der Waals surface area contributed by atoms with Crippen molar-refractivity contribution in [1.29, 1.82) is 0 Å². The number of nitrogens with one attached hydrogen (secondary N) is 1. The number of benzene rings is 1. The predicted octanol–water partition coefficient (Wildman–Crippen LogP) is 2.80. The van der Waals surface area contributed by atoms with E-state index in [4.69, 9.17) is 31.5 Å². The first-order valence-corrected chi connectivity index (χ1v) is 11.0. The summed E-state index contributed by atoms with van der Waals surface area (Å²) in [6.07, 6.45) is 8.96. The van der Waals surface area contributed by atoms with E-state index in [-0.39, 0.29) is 36.6 Å². The van der Waals surface area contributed by atoms with Crippen molar-refractivity contribution in [3.05, 3.63) is 46.0 Å². The Morgan fingerprint density at radius 2 is 1.88 bits per heavy atom. The van der Waals surface area contributed by atoms with Crippen LogP contribution in [-0.2, 0) is 22.3 Å². The highest BCUT2D eigenvalue weighted by Gasteiger charge is 2.48. The van der Waals surface area contributed by atoms with Crippen molar-refractivity contribution >= 4 is 28.6 Å². The minimum absolute atomic E-state index is 0.216. The number of nitrogens with two attached hydrogens (primary N) is 1. The Labute approximate surface area is 199 Å². The van der Waals surface area contributed by atoms with Gasteiger partial charge in [0.1, 0.15) is 35.8 Å². The largest absolute Gasteiger partial charge is 0.456 e. The molecule has 0 bridgehead atoms. The van der Waals surface area contributed by atoms with Gasteiger partial charge in [0.2, 0.25) is 0 Å². The molecule has 4 heterocycles. The third-order valence-corrected chi connectivity index (χ3v) is 6.11. The van der Waals surface area contributed by atoms with Crippen molar-refractivity contribution in [3.8, 4) is 18.9 Å². The van der Waals surface area contributed by atoms with E-state index in [0.717, 1.165) is 30.9 Å². The summed E-state index contributed by atoms with van der Waals surface area (Å²) in [5.41, 5.74) is 8.26. The van der Waals surface area contributed by atoms with Gasteiger partial charge in [-0.3, -0.25) is 0 Å². The molecule has 1 aliphatic carbocycles. The van der Waals surface area contributed by atoms with E-state index in [1.807, 2.05) is 0 Å². The molecule has 3 aliphatic rings. The number of rotatable bonds is 2. The lowest BCUT2D eigenvalue weighted by Crippen LogP contribution is -2.34. The van der Waals surface area contributed by atoms with Crippen LogP contribution < -0.4 is 10.5 Å². The fraction of sp³-hybridized carbons (Fsp3) is 0.391. The molecule has 4 N–H and O–H groups in total. The minimum atomic E-state index is -0.612. The standard InChI is InChI=1S/C12H13ClN4O4.C9H8F2.C2H2/c13-4-1-5-11(16-10(4)14)17-12(15-5)21-7-3-20-8-6(18)2-19-9(7)8;10-7-4-6-2-1-3-8(6)9(11)5-7;1-2/h1,6-9,18H,2-3H2,(H3,14,15,16,17);4-5H,1-3H2;1-2H/t6-,7-,8-,9-;;/m1../s1. The number of anilines is 1. The molecule has 34 heavy (non-hydrogen) atoms. The topological polar surface area (TPSA) is 116 Å². The van der Waals surface area contributed by atoms with Crippen LogP contribution in [0, 0.1) is 24.5 Å². The lowest BCUT2D eigenvalue weighted by Gasteiger charge is -2.15. The monoisotopic (exact) mass is 492 g/mol. The zero-order valence-electron chi connectivity index (χ0n) is 18.0. The van der Waals surface area contributed by atoms with E-state index in [1.165, 1.54) is 6.07 Å². The number of imidazole rings is 1. The highest BCUT2D eigenvalue weighted by atomic mass is 35.5. The lowest BCUT2D eigenvalue weighted by atomic mass is 10.1. The Kier molecular flexibility index (Phi) is 7.19. The molecule has 0 amide bonds. The SMILES string of the molecule is C#C.Fc1cc(F)c2c(c1)CCC2.Nc1nc2nc(O[C@@H]3CO[C@H]4[C@@H]3OC[C@H]4O)[nH]c2cc1Cl. The van der Waals surface area contributed by atoms with Crippen LogP contribution in [0.2, 0.25) is 5.02 Å². The summed E-state index contributed by atoms with van der Waals surface area (Å²) in [6.45, 7) is 0.586. The van der Waals surface area contributed by atoms with E-state index in [1.54, 1.807) is 6.07 Å². The zero-order valence-corrected chi connectivity index (χ0v) is 18.8. The fourth-order valence-corrected chi connectivity index (χ4v) is 4.42. The highest BCUT2D eigenvalue weighted by molar-refractivity contribution is 6.33. The number of halogens is 3. The van der Waals surface area contributed by atoms with Gasteiger partial charge in [-0.15, -0.1) is 12.8 Å². The molecule has 4 atom stereocenters. The van der Waals surface area contributed by atoms with Gasteiger partial charge < -0.3 is 30.0 Å². The summed E-state index contributed by atoms with van der Waals surface area (Å²) >= 11 is 5.91. The Bertz CT molecular complexity index is 1170. The molecule has 6 rings (SSSR count). The summed E-state index contributed by atoms with van der Waals surface area (Å²) in [5, 5.41) is 10.0. The van der Waals surface area contributed by atoms with E-state index in [0.29, 0.717) is 34.4 Å². The molecule has 3 aromatic rings. The number of nitrogen functional groups attached to an aromatic ring is 1. The molecule has 0 saturated carbocycles. The molecule has 2 saturated heterocycles. The molecule has 8 nitrogen and oxygen atoms in total. The van der Waals surface area contributed by atoms with Crippen molar-refractivity contribution in [2.75, 3.05) is 18.9 Å². The van der Waals surface area contributed by atoms with Crippen LogP contribution in [0.4, 0.5) is 14.6 Å². The van der Waals surface area contributed by atoms with E-state index >= 15 is 0 Å². The number of ether oxygens (including phenoxy) is 3. The zero-order chi connectivity index (χ0) is 24.4. The molecular formula is C23H23ClF2N4O4. The minimum Gasteiger partial charge on any atom is -0.456 e. The van der Waals surface area contributed by atoms with Crippen molar-refractivity contribution < 1.29 is 28.1 Å². The van der Waals surface area contributed by atoms with Gasteiger partial charge in [0.05, 0.1) is 23.8 Å². The number of aromatic nitrogens is 3. The average Bonchev–Trinajstić information content (AvgIpc) is 3.58. The Balaban J connectivity index is 0.000000178. The smallest absolute Gasteiger partial charge is 0.296 e. The van der Waals surface area contributed by atoms with Gasteiger partial charge >= 0.3 is 0 Å². The number of H-pyrrole nitrogens is 1. The third kappa shape index (κ3) is 4.79. The Hall–Kier alpha value is -2.97. The molecule has 11 heteroatoms. The number of hydrogen-bond acceptors (Lipinski definition) is 7. The Morgan fingerprint density at radius 3 is 2.68 bits per heavy atom. The number of aliphatic hydroxyl groups excluding tert-OH is 1. The third-order valence-electron chi connectivity index (χ3n) is 5.80. The number of pyridine rings is 1. The molecule has 0 radical (unpaired) electrons. The normalized spacial score (nSPS) is 24.5. The Morgan fingerprint density at radius 1 is 1.12 bits per heavy atom. The second-order valence-corrected chi connectivity index (χ2v) is 8.37. The van der Waals surface area contributed by atoms with E-state index < -0.39 is 11.9 Å². The summed E-state index contributed by atoms with van der Waals surface area (Å²) in [7, 11) is 0. The molecule has 2 aromatic heterocycles. The first-order chi connectivity index (χ1) is 16.4. The van der Waals surface area contributed by atoms with Crippen molar-refractivity contribution in [3.63, 3.8) is 0 Å². The maximum absolute atomic E-state index is 12.9. The van der Waals surface area contributed by atoms with Crippen LogP contribution in [-0.4, -0.2) is 57.7 Å². The number of aromatic amines is 1. The van der Waals surface area contributed by atoms with Crippen molar-refractivity contribution in [2.24, 2.45) is 0 Å². The second-order valence-electron chi connectivity index (χ2n) is 7.97. The van der Waals surface area contributed by atoms with Crippen LogP contribution in [0.1, 0.15) is 17.5 Å². The van der Waals surface area contributed by atoms with Gasteiger partial charge in [0.25, 0.3) is 6.01 Å². The number of terminal acetylenes is 1. The van der Waals surface area contributed by atoms with Crippen LogP contribution in [0.5, 0.6) is 6.01 Å². The number of aliphatic hydroxyl groups is 1. The summed E-state index contributed by atoms with van der Waals surface area (Å²) in [5.74, 6) is -0.616. The highest BCUT2D eigenvalue weighted by Crippen LogP contribution is 2.30. The number of hydrogen-bond donors (Lipinski definition) is 3. The van der Waals surface area contributed by atoms with Crippen LogP contribution >= 0.6 is 11.6 Å². The average molecular weight is 493 g/mol. The molecule has 2 fully saturated rings. The predicted molar refractivity (Wildman–Crippen MR) is 121 cm³/mol. The summed E-state index contributed by atoms with van der Waals surface area (Å²) in [6, 6.07) is 4.33. The fourth-order valence-electron chi connectivity index (χ4n) is 4.27. The van der Waals surface area contributed by atoms with E-state index in [9.17, 15) is 13.9 Å². The first-order valence-electron chi connectivity index (χ1n) is 10.6. The molecule has 0 unspecified atom stereocenters. The summed E-state index contributed by atoms with van der Waals surface area (Å²) in [4.78, 5) is 11.3. The number of aryl methyl sites for hydroxylation is 1. The van der Waals surface area contributed by atoms with Gasteiger partial charge in [0.15, 0.2) is 11.8 Å². The molecule has 2 aliphatic heterocycles. The van der Waals surface area contributed by atoms with Gasteiger partial charge in [-0.05, 0) is 42.5 Å².